The molecule has 0 unspecified atom stereocenters. The number of rotatable bonds is 10. The van der Waals surface area contributed by atoms with E-state index in [4.69, 9.17) is 14.9 Å². The highest BCUT2D eigenvalue weighted by atomic mass is 19.1. The molecule has 1 amide bonds. The molecule has 1 aromatic rings. The second-order valence-electron chi connectivity index (χ2n) is 5.71. The van der Waals surface area contributed by atoms with Gasteiger partial charge in [0, 0.05) is 13.5 Å². The number of nitrogens with one attached hydrogen (secondary N) is 2. The van der Waals surface area contributed by atoms with Crippen molar-refractivity contribution in [1.82, 2.24) is 10.3 Å². The van der Waals surface area contributed by atoms with E-state index in [1.54, 1.807) is 13.8 Å². The molecule has 0 fully saturated rings. The summed E-state index contributed by atoms with van der Waals surface area (Å²) in [5.74, 6) is -2.43. The lowest BCUT2D eigenvalue weighted by atomic mass is 10.1. The van der Waals surface area contributed by atoms with Gasteiger partial charge < -0.3 is 20.2 Å². The van der Waals surface area contributed by atoms with Crippen LogP contribution in [-0.2, 0) is 23.9 Å². The Morgan fingerprint density at radius 1 is 1.35 bits per heavy atom. The van der Waals surface area contributed by atoms with E-state index in [0.29, 0.717) is 6.21 Å². The van der Waals surface area contributed by atoms with Crippen LogP contribution in [-0.4, -0.2) is 48.1 Å². The van der Waals surface area contributed by atoms with Gasteiger partial charge in [0.2, 0.25) is 0 Å². The van der Waals surface area contributed by atoms with Crippen LogP contribution in [0.3, 0.4) is 0 Å². The number of carbonyl (C=O) groups excluding carboxylic acids is 3. The van der Waals surface area contributed by atoms with Crippen LogP contribution in [0, 0.1) is 11.2 Å². The summed E-state index contributed by atoms with van der Waals surface area (Å²) in [7, 11) is 1.27. The molecule has 0 aliphatic rings. The Labute approximate surface area is 150 Å². The summed E-state index contributed by atoms with van der Waals surface area (Å²) in [5, 5.41) is 9.37. The van der Waals surface area contributed by atoms with Gasteiger partial charge in [-0.15, -0.1) is 0 Å². The number of halogens is 1. The summed E-state index contributed by atoms with van der Waals surface area (Å²) in [5.41, 5.74) is 0.165. The summed E-state index contributed by atoms with van der Waals surface area (Å²) in [6, 6.07) is 1.34. The van der Waals surface area contributed by atoms with Crippen LogP contribution in [0.5, 0.6) is 0 Å². The molecule has 142 valence electrons. The summed E-state index contributed by atoms with van der Waals surface area (Å²) in [6.45, 7) is 3.31. The van der Waals surface area contributed by atoms with Crippen molar-refractivity contribution in [3.63, 3.8) is 0 Å². The number of aromatic nitrogens is 1. The largest absolute Gasteiger partial charge is 0.461 e. The van der Waals surface area contributed by atoms with Gasteiger partial charge in [-0.3, -0.25) is 14.6 Å². The van der Waals surface area contributed by atoms with Gasteiger partial charge in [-0.05, 0) is 32.4 Å². The fourth-order valence-electron chi connectivity index (χ4n) is 2.07. The molecule has 2 N–H and O–H groups in total. The molecule has 1 heterocycles. The molecule has 0 saturated carbocycles. The second kappa shape index (κ2) is 10.3. The zero-order chi connectivity index (χ0) is 19.7. The Kier molecular flexibility index (Phi) is 8.50. The van der Waals surface area contributed by atoms with Crippen molar-refractivity contribution in [1.29, 1.82) is 5.41 Å². The molecule has 1 aromatic heterocycles. The fourth-order valence-corrected chi connectivity index (χ4v) is 2.07. The number of hydrogen-bond acceptors (Lipinski definition) is 7. The highest BCUT2D eigenvalue weighted by Crippen LogP contribution is 2.15. The Morgan fingerprint density at radius 3 is 2.54 bits per heavy atom. The normalized spacial score (nSPS) is 13.0. The van der Waals surface area contributed by atoms with Crippen LogP contribution in [0.15, 0.2) is 18.3 Å². The van der Waals surface area contributed by atoms with Gasteiger partial charge in [0.15, 0.2) is 11.9 Å². The molecule has 1 rings (SSSR count). The predicted octanol–water partition coefficient (Wildman–Crippen LogP) is 1.34. The molecule has 0 bridgehead atoms. The van der Waals surface area contributed by atoms with Gasteiger partial charge in [-0.25, -0.2) is 9.18 Å². The van der Waals surface area contributed by atoms with Crippen molar-refractivity contribution in [2.75, 3.05) is 7.11 Å². The standard InChI is InChI=1S/C17H22FN3O5/c1-10(2)26-17(24)14(7-5-12(22)8-19)21-16(23)15(25-3)13-6-4-11(18)9-20-13/h4,6,8-10,14-15,19H,5,7H2,1-3H3,(H,21,23)/t14-,15-/m0/s1. The lowest BCUT2D eigenvalue weighted by molar-refractivity contribution is -0.152. The van der Waals surface area contributed by atoms with Crippen LogP contribution in [0.2, 0.25) is 0 Å². The highest BCUT2D eigenvalue weighted by molar-refractivity contribution is 6.26. The van der Waals surface area contributed by atoms with Crippen molar-refractivity contribution in [2.24, 2.45) is 0 Å². The fraction of sp³-hybridized carbons (Fsp3) is 0.471. The maximum atomic E-state index is 13.0. The third-order valence-corrected chi connectivity index (χ3v) is 3.29. The van der Waals surface area contributed by atoms with Crippen LogP contribution in [0.4, 0.5) is 4.39 Å². The number of carbonyl (C=O) groups is 3. The average Bonchev–Trinajstić information content (AvgIpc) is 2.59. The molecule has 0 aromatic carbocycles. The molecule has 0 aliphatic carbocycles. The number of Topliss-reactive ketones (excluding diaryl/α,β-unsaturated/α-hetero) is 1. The molecular weight excluding hydrogens is 345 g/mol. The third-order valence-electron chi connectivity index (χ3n) is 3.29. The molecule has 0 saturated heterocycles. The Bertz CT molecular complexity index is 648. The molecule has 0 spiro atoms. The summed E-state index contributed by atoms with van der Waals surface area (Å²) >= 11 is 0. The first-order chi connectivity index (χ1) is 12.3. The monoisotopic (exact) mass is 367 g/mol. The Morgan fingerprint density at radius 2 is 2.04 bits per heavy atom. The summed E-state index contributed by atoms with van der Waals surface area (Å²) in [4.78, 5) is 39.7. The van der Waals surface area contributed by atoms with Crippen molar-refractivity contribution in [3.05, 3.63) is 29.8 Å². The topological polar surface area (TPSA) is 118 Å². The quantitative estimate of drug-likeness (QED) is 0.476. The molecule has 0 radical (unpaired) electrons. The van der Waals surface area contributed by atoms with Crippen LogP contribution in [0.25, 0.3) is 0 Å². The van der Waals surface area contributed by atoms with Crippen LogP contribution in [0.1, 0.15) is 38.5 Å². The minimum absolute atomic E-state index is 0.0290. The van der Waals surface area contributed by atoms with Crippen LogP contribution < -0.4 is 5.32 Å². The first-order valence-corrected chi connectivity index (χ1v) is 7.96. The van der Waals surface area contributed by atoms with Crippen LogP contribution >= 0.6 is 0 Å². The number of ether oxygens (including phenoxy) is 2. The van der Waals surface area contributed by atoms with E-state index in [1.165, 1.54) is 13.2 Å². The number of esters is 1. The number of methoxy groups -OCH3 is 1. The number of nitrogens with zero attached hydrogens (tertiary/aromatic N) is 1. The van der Waals surface area contributed by atoms with Gasteiger partial charge in [0.25, 0.3) is 5.91 Å². The van der Waals surface area contributed by atoms with E-state index in [1.807, 2.05) is 0 Å². The molecule has 8 nitrogen and oxygen atoms in total. The number of amides is 1. The predicted molar refractivity (Wildman–Crippen MR) is 90.1 cm³/mol. The Hall–Kier alpha value is -2.68. The minimum Gasteiger partial charge on any atom is -0.461 e. The Balaban J connectivity index is 2.89. The summed E-state index contributed by atoms with van der Waals surface area (Å²) < 4.78 is 23.2. The van der Waals surface area contributed by atoms with E-state index in [-0.39, 0.29) is 18.5 Å². The number of hydrogen-bond donors (Lipinski definition) is 2. The van der Waals surface area contributed by atoms with Crippen molar-refractivity contribution < 1.29 is 28.2 Å². The maximum Gasteiger partial charge on any atom is 0.328 e. The second-order valence-corrected chi connectivity index (χ2v) is 5.71. The van der Waals surface area contributed by atoms with Gasteiger partial charge in [-0.2, -0.15) is 0 Å². The van der Waals surface area contributed by atoms with E-state index in [2.05, 4.69) is 10.3 Å². The lowest BCUT2D eigenvalue weighted by Gasteiger charge is -2.21. The lowest BCUT2D eigenvalue weighted by Crippen LogP contribution is -2.45. The zero-order valence-corrected chi connectivity index (χ0v) is 14.8. The minimum atomic E-state index is -1.16. The summed E-state index contributed by atoms with van der Waals surface area (Å²) in [6.07, 6.45) is -0.109. The van der Waals surface area contributed by atoms with E-state index >= 15 is 0 Å². The first kappa shape index (κ1) is 21.4. The third kappa shape index (κ3) is 6.67. The van der Waals surface area contributed by atoms with E-state index in [9.17, 15) is 18.8 Å². The molecule has 0 aliphatic heterocycles. The van der Waals surface area contributed by atoms with Crippen molar-refractivity contribution in [3.8, 4) is 0 Å². The molecular formula is C17H22FN3O5. The van der Waals surface area contributed by atoms with Crippen molar-refractivity contribution in [2.45, 2.75) is 44.9 Å². The zero-order valence-electron chi connectivity index (χ0n) is 14.8. The maximum absolute atomic E-state index is 13.0. The smallest absolute Gasteiger partial charge is 0.328 e. The highest BCUT2D eigenvalue weighted by Gasteiger charge is 2.29. The SMILES string of the molecule is CO[C@H](C(=O)N[C@@H](CCC(=O)C=N)C(=O)OC(C)C)c1ccc(F)cn1. The van der Waals surface area contributed by atoms with Gasteiger partial charge in [0.1, 0.15) is 11.9 Å². The van der Waals surface area contributed by atoms with Gasteiger partial charge in [0.05, 0.1) is 24.2 Å². The van der Waals surface area contributed by atoms with Crippen molar-refractivity contribution >= 4 is 23.9 Å². The van der Waals surface area contributed by atoms with Gasteiger partial charge in [-0.1, -0.05) is 0 Å². The molecule has 2 atom stereocenters. The first-order valence-electron chi connectivity index (χ1n) is 7.96. The number of pyridine rings is 1. The number of ketones is 1. The van der Waals surface area contributed by atoms with E-state index < -0.39 is 41.7 Å². The average molecular weight is 367 g/mol. The molecule has 9 heteroatoms. The van der Waals surface area contributed by atoms with Gasteiger partial charge >= 0.3 is 5.97 Å². The molecule has 26 heavy (non-hydrogen) atoms. The van der Waals surface area contributed by atoms with E-state index in [0.717, 1.165) is 12.3 Å².